The van der Waals surface area contributed by atoms with Crippen molar-refractivity contribution in [2.45, 2.75) is 26.3 Å². The predicted octanol–water partition coefficient (Wildman–Crippen LogP) is 2.80. The highest BCUT2D eigenvalue weighted by molar-refractivity contribution is 6.30. The van der Waals surface area contributed by atoms with E-state index in [9.17, 15) is 4.79 Å². The van der Waals surface area contributed by atoms with E-state index in [0.29, 0.717) is 11.4 Å². The topological polar surface area (TPSA) is 46.9 Å². The van der Waals surface area contributed by atoms with E-state index in [4.69, 9.17) is 11.6 Å². The fourth-order valence-electron chi connectivity index (χ4n) is 2.02. The van der Waals surface area contributed by atoms with Gasteiger partial charge in [0.2, 0.25) is 5.91 Å². The number of aromatic nitrogens is 2. The Kier molecular flexibility index (Phi) is 4.45. The molecule has 0 spiro atoms. The number of aryl methyl sites for hydroxylation is 1. The van der Waals surface area contributed by atoms with E-state index in [2.05, 4.69) is 10.4 Å². The Morgan fingerprint density at radius 1 is 1.40 bits per heavy atom. The van der Waals surface area contributed by atoms with Crippen molar-refractivity contribution in [3.8, 4) is 0 Å². The Morgan fingerprint density at radius 2 is 2.05 bits per heavy atom. The third kappa shape index (κ3) is 3.39. The first-order valence-corrected chi connectivity index (χ1v) is 6.87. The van der Waals surface area contributed by atoms with Gasteiger partial charge in [-0.25, -0.2) is 0 Å². The SMILES string of the molecule is Cc1c(CC(=O)N[C@@H](C)c2ccc(Cl)cc2)cnn1C. The van der Waals surface area contributed by atoms with Gasteiger partial charge in [-0.15, -0.1) is 0 Å². The van der Waals surface area contributed by atoms with E-state index in [1.807, 2.05) is 45.2 Å². The molecule has 20 heavy (non-hydrogen) atoms. The highest BCUT2D eigenvalue weighted by Gasteiger charge is 2.12. The second-order valence-corrected chi connectivity index (χ2v) is 5.33. The van der Waals surface area contributed by atoms with Crippen LogP contribution in [0.5, 0.6) is 0 Å². The monoisotopic (exact) mass is 291 g/mol. The molecule has 1 aromatic heterocycles. The summed E-state index contributed by atoms with van der Waals surface area (Å²) < 4.78 is 1.77. The average Bonchev–Trinajstić information content (AvgIpc) is 2.71. The van der Waals surface area contributed by atoms with Crippen LogP contribution < -0.4 is 5.32 Å². The van der Waals surface area contributed by atoms with E-state index in [-0.39, 0.29) is 11.9 Å². The second kappa shape index (κ2) is 6.09. The summed E-state index contributed by atoms with van der Waals surface area (Å²) in [5.74, 6) is -0.0106. The molecule has 1 amide bonds. The van der Waals surface area contributed by atoms with Gasteiger partial charge in [0.1, 0.15) is 0 Å². The quantitative estimate of drug-likeness (QED) is 0.941. The minimum absolute atomic E-state index is 0.0106. The van der Waals surface area contributed by atoms with Crippen LogP contribution >= 0.6 is 11.6 Å². The van der Waals surface area contributed by atoms with E-state index >= 15 is 0 Å². The van der Waals surface area contributed by atoms with Gasteiger partial charge in [0, 0.05) is 23.3 Å². The van der Waals surface area contributed by atoms with Crippen LogP contribution in [-0.4, -0.2) is 15.7 Å². The van der Waals surface area contributed by atoms with Crippen molar-refractivity contribution in [2.75, 3.05) is 0 Å². The molecule has 0 radical (unpaired) electrons. The van der Waals surface area contributed by atoms with Crippen LogP contribution in [0, 0.1) is 6.92 Å². The number of hydrogen-bond acceptors (Lipinski definition) is 2. The highest BCUT2D eigenvalue weighted by atomic mass is 35.5. The fourth-order valence-corrected chi connectivity index (χ4v) is 2.14. The van der Waals surface area contributed by atoms with Gasteiger partial charge in [0.05, 0.1) is 18.7 Å². The zero-order chi connectivity index (χ0) is 14.7. The average molecular weight is 292 g/mol. The minimum atomic E-state index is -0.0447. The summed E-state index contributed by atoms with van der Waals surface area (Å²) in [5.41, 5.74) is 3.00. The van der Waals surface area contributed by atoms with Crippen LogP contribution in [0.3, 0.4) is 0 Å². The van der Waals surface area contributed by atoms with Gasteiger partial charge in [-0.3, -0.25) is 9.48 Å². The van der Waals surface area contributed by atoms with Gasteiger partial charge in [-0.05, 0) is 31.5 Å². The number of halogens is 1. The molecule has 2 rings (SSSR count). The first kappa shape index (κ1) is 14.6. The molecule has 0 aliphatic carbocycles. The smallest absolute Gasteiger partial charge is 0.225 e. The molecule has 0 saturated heterocycles. The fraction of sp³-hybridized carbons (Fsp3) is 0.333. The van der Waals surface area contributed by atoms with Crippen molar-refractivity contribution in [3.63, 3.8) is 0 Å². The maximum absolute atomic E-state index is 12.1. The number of nitrogens with one attached hydrogen (secondary N) is 1. The second-order valence-electron chi connectivity index (χ2n) is 4.90. The summed E-state index contributed by atoms with van der Waals surface area (Å²) in [6, 6.07) is 7.44. The maximum atomic E-state index is 12.1. The molecular weight excluding hydrogens is 274 g/mol. The van der Waals surface area contributed by atoms with E-state index in [1.165, 1.54) is 0 Å². The lowest BCUT2D eigenvalue weighted by Gasteiger charge is -2.14. The molecule has 5 heteroatoms. The zero-order valence-corrected chi connectivity index (χ0v) is 12.6. The molecule has 1 aromatic carbocycles. The van der Waals surface area contributed by atoms with Crippen LogP contribution in [0.25, 0.3) is 0 Å². The number of amides is 1. The number of nitrogens with zero attached hydrogens (tertiary/aromatic N) is 2. The molecule has 0 fully saturated rings. The summed E-state index contributed by atoms with van der Waals surface area (Å²) >= 11 is 5.85. The predicted molar refractivity (Wildman–Crippen MR) is 79.7 cm³/mol. The third-order valence-corrected chi connectivity index (χ3v) is 3.69. The normalized spacial score (nSPS) is 12.2. The molecule has 0 saturated carbocycles. The lowest BCUT2D eigenvalue weighted by atomic mass is 10.1. The first-order chi connectivity index (χ1) is 9.47. The van der Waals surface area contributed by atoms with Crippen molar-refractivity contribution in [3.05, 3.63) is 52.3 Å². The van der Waals surface area contributed by atoms with Crippen LogP contribution in [0.1, 0.15) is 29.8 Å². The molecule has 0 aliphatic rings. The van der Waals surface area contributed by atoms with Gasteiger partial charge in [-0.1, -0.05) is 23.7 Å². The molecule has 1 heterocycles. The molecule has 0 aliphatic heterocycles. The van der Waals surface area contributed by atoms with Crippen molar-refractivity contribution in [1.82, 2.24) is 15.1 Å². The highest BCUT2D eigenvalue weighted by Crippen LogP contribution is 2.16. The van der Waals surface area contributed by atoms with Crippen LogP contribution in [0.2, 0.25) is 5.02 Å². The van der Waals surface area contributed by atoms with E-state index in [1.54, 1.807) is 10.9 Å². The number of carbonyl (C=O) groups is 1. The van der Waals surface area contributed by atoms with Gasteiger partial charge in [-0.2, -0.15) is 5.10 Å². The number of rotatable bonds is 4. The molecule has 0 bridgehead atoms. The molecule has 106 valence electrons. The lowest BCUT2D eigenvalue weighted by molar-refractivity contribution is -0.121. The van der Waals surface area contributed by atoms with Gasteiger partial charge in [0.15, 0.2) is 0 Å². The first-order valence-electron chi connectivity index (χ1n) is 6.49. The zero-order valence-electron chi connectivity index (χ0n) is 11.9. The van der Waals surface area contributed by atoms with E-state index in [0.717, 1.165) is 16.8 Å². The standard InChI is InChI=1S/C15H18ClN3O/c1-10(12-4-6-14(16)7-5-12)18-15(20)8-13-9-17-19(3)11(13)2/h4-7,9-10H,8H2,1-3H3,(H,18,20)/t10-/m0/s1. The maximum Gasteiger partial charge on any atom is 0.225 e. The van der Waals surface area contributed by atoms with Crippen LogP contribution in [0.4, 0.5) is 0 Å². The summed E-state index contributed by atoms with van der Waals surface area (Å²) in [7, 11) is 1.87. The van der Waals surface area contributed by atoms with Gasteiger partial charge >= 0.3 is 0 Å². The van der Waals surface area contributed by atoms with Crippen molar-refractivity contribution in [1.29, 1.82) is 0 Å². The Labute approximate surface area is 123 Å². The Morgan fingerprint density at radius 3 is 2.60 bits per heavy atom. The molecule has 1 atom stereocenters. The van der Waals surface area contributed by atoms with E-state index < -0.39 is 0 Å². The minimum Gasteiger partial charge on any atom is -0.349 e. The van der Waals surface area contributed by atoms with Gasteiger partial charge in [0.25, 0.3) is 0 Å². The summed E-state index contributed by atoms with van der Waals surface area (Å²) in [6.07, 6.45) is 2.08. The molecule has 0 unspecified atom stereocenters. The number of hydrogen-bond donors (Lipinski definition) is 1. The van der Waals surface area contributed by atoms with Crippen molar-refractivity contribution in [2.24, 2.45) is 7.05 Å². The third-order valence-electron chi connectivity index (χ3n) is 3.44. The summed E-state index contributed by atoms with van der Waals surface area (Å²) in [5, 5.41) is 7.81. The number of benzene rings is 1. The van der Waals surface area contributed by atoms with Crippen LogP contribution in [-0.2, 0) is 18.3 Å². The Balaban J connectivity index is 1.97. The lowest BCUT2D eigenvalue weighted by Crippen LogP contribution is -2.28. The summed E-state index contributed by atoms with van der Waals surface area (Å²) in [6.45, 7) is 3.91. The molecular formula is C15H18ClN3O. The van der Waals surface area contributed by atoms with Gasteiger partial charge < -0.3 is 5.32 Å². The van der Waals surface area contributed by atoms with Crippen molar-refractivity contribution < 1.29 is 4.79 Å². The summed E-state index contributed by atoms with van der Waals surface area (Å²) in [4.78, 5) is 12.1. The van der Waals surface area contributed by atoms with Crippen LogP contribution in [0.15, 0.2) is 30.5 Å². The molecule has 1 N–H and O–H groups in total. The van der Waals surface area contributed by atoms with Crippen molar-refractivity contribution >= 4 is 17.5 Å². The molecule has 4 nitrogen and oxygen atoms in total. The Bertz CT molecular complexity index is 604. The molecule has 2 aromatic rings. The Hall–Kier alpha value is -1.81. The number of carbonyl (C=O) groups excluding carboxylic acids is 1. The largest absolute Gasteiger partial charge is 0.349 e.